The average molecular weight is 390 g/mol. The number of nitrogens with zero attached hydrogens (tertiary/aromatic N) is 1. The topological polar surface area (TPSA) is 49.4 Å². The number of carbonyl (C=O) groups is 2. The number of hydrogen-bond acceptors (Lipinski definition) is 2. The van der Waals surface area contributed by atoms with Gasteiger partial charge < -0.3 is 10.2 Å². The zero-order chi connectivity index (χ0) is 20.1. The third-order valence-electron chi connectivity index (χ3n) is 6.96. The number of likely N-dealkylation sites (tertiary alicyclic amines) is 1. The summed E-state index contributed by atoms with van der Waals surface area (Å²) in [4.78, 5) is 27.6. The molecule has 6 heteroatoms. The van der Waals surface area contributed by atoms with Gasteiger partial charge in [-0.2, -0.15) is 0 Å². The molecule has 1 saturated heterocycles. The molecule has 2 saturated carbocycles. The van der Waals surface area contributed by atoms with Crippen molar-refractivity contribution in [1.82, 2.24) is 10.2 Å². The monoisotopic (exact) mass is 390 g/mol. The van der Waals surface area contributed by atoms with Gasteiger partial charge in [0.2, 0.25) is 5.91 Å². The molecule has 1 aliphatic heterocycles. The first-order valence-electron chi connectivity index (χ1n) is 10.3. The van der Waals surface area contributed by atoms with E-state index >= 15 is 0 Å². The molecule has 1 aromatic carbocycles. The number of aryl methyl sites for hydroxylation is 2. The molecule has 3 aliphatic rings. The van der Waals surface area contributed by atoms with Crippen LogP contribution in [0.1, 0.15) is 60.0 Å². The summed E-state index contributed by atoms with van der Waals surface area (Å²) >= 11 is 0. The van der Waals surface area contributed by atoms with Crippen LogP contribution in [0.25, 0.3) is 0 Å². The molecule has 4 rings (SSSR count). The van der Waals surface area contributed by atoms with Gasteiger partial charge in [-0.3, -0.25) is 9.59 Å². The van der Waals surface area contributed by atoms with Crippen molar-refractivity contribution < 1.29 is 18.4 Å². The SMILES string of the molecule is Cc1cc(C)cc(C(=O)N2CCC3(CCCC3C(=O)NC3CCC3(F)F)C2)c1. The van der Waals surface area contributed by atoms with E-state index in [-0.39, 0.29) is 29.6 Å². The molecule has 1 spiro atoms. The maximum Gasteiger partial charge on any atom is 0.267 e. The van der Waals surface area contributed by atoms with Crippen molar-refractivity contribution in [3.63, 3.8) is 0 Å². The highest BCUT2D eigenvalue weighted by Crippen LogP contribution is 2.50. The Bertz CT molecular complexity index is 789. The van der Waals surface area contributed by atoms with Crippen LogP contribution in [0.15, 0.2) is 18.2 Å². The van der Waals surface area contributed by atoms with Crippen LogP contribution in [-0.2, 0) is 4.79 Å². The number of carbonyl (C=O) groups excluding carboxylic acids is 2. The summed E-state index contributed by atoms with van der Waals surface area (Å²) < 4.78 is 27.1. The first-order valence-corrected chi connectivity index (χ1v) is 10.3. The minimum Gasteiger partial charge on any atom is -0.347 e. The average Bonchev–Trinajstić information content (AvgIpc) is 3.24. The fourth-order valence-corrected chi connectivity index (χ4v) is 5.34. The molecule has 1 N–H and O–H groups in total. The maximum absolute atomic E-state index is 13.6. The van der Waals surface area contributed by atoms with E-state index in [2.05, 4.69) is 5.32 Å². The molecule has 3 unspecified atom stereocenters. The highest BCUT2D eigenvalue weighted by Gasteiger charge is 2.54. The van der Waals surface area contributed by atoms with E-state index in [1.807, 2.05) is 36.9 Å². The van der Waals surface area contributed by atoms with Crippen molar-refractivity contribution in [1.29, 1.82) is 0 Å². The minimum absolute atomic E-state index is 0.000240. The molecule has 2 aliphatic carbocycles. The van der Waals surface area contributed by atoms with E-state index < -0.39 is 12.0 Å². The van der Waals surface area contributed by atoms with Gasteiger partial charge in [0, 0.05) is 36.4 Å². The summed E-state index contributed by atoms with van der Waals surface area (Å²) in [6.45, 7) is 5.11. The van der Waals surface area contributed by atoms with Crippen LogP contribution in [0.5, 0.6) is 0 Å². The third-order valence-corrected chi connectivity index (χ3v) is 6.96. The summed E-state index contributed by atoms with van der Waals surface area (Å²) in [5.74, 6) is -3.30. The van der Waals surface area contributed by atoms with Gasteiger partial charge in [0.05, 0.1) is 6.04 Å². The summed E-state index contributed by atoms with van der Waals surface area (Å²) in [5.41, 5.74) is 2.52. The van der Waals surface area contributed by atoms with Crippen LogP contribution in [0.2, 0.25) is 0 Å². The van der Waals surface area contributed by atoms with Crippen molar-refractivity contribution >= 4 is 11.8 Å². The van der Waals surface area contributed by atoms with Crippen LogP contribution in [0.4, 0.5) is 8.78 Å². The number of rotatable bonds is 3. The van der Waals surface area contributed by atoms with Crippen LogP contribution < -0.4 is 5.32 Å². The van der Waals surface area contributed by atoms with E-state index in [0.29, 0.717) is 25.1 Å². The second kappa shape index (κ2) is 6.82. The maximum atomic E-state index is 13.6. The van der Waals surface area contributed by atoms with Gasteiger partial charge in [0.1, 0.15) is 0 Å². The van der Waals surface area contributed by atoms with Crippen LogP contribution in [0, 0.1) is 25.2 Å². The molecule has 3 atom stereocenters. The fourth-order valence-electron chi connectivity index (χ4n) is 5.34. The Morgan fingerprint density at radius 2 is 1.79 bits per heavy atom. The molecular formula is C22H28F2N2O2. The molecule has 0 radical (unpaired) electrons. The Labute approximate surface area is 164 Å². The Balaban J connectivity index is 1.46. The predicted octanol–water partition coefficient (Wildman–Crippen LogP) is 3.85. The largest absolute Gasteiger partial charge is 0.347 e. The van der Waals surface area contributed by atoms with Gasteiger partial charge in [0.25, 0.3) is 11.8 Å². The van der Waals surface area contributed by atoms with Crippen LogP contribution >= 0.6 is 0 Å². The molecule has 1 aromatic rings. The van der Waals surface area contributed by atoms with Gasteiger partial charge >= 0.3 is 0 Å². The normalized spacial score (nSPS) is 31.1. The number of nitrogens with one attached hydrogen (secondary N) is 1. The second-order valence-corrected chi connectivity index (χ2v) is 9.02. The number of hydrogen-bond donors (Lipinski definition) is 1. The molecule has 0 bridgehead atoms. The highest BCUT2D eigenvalue weighted by atomic mass is 19.3. The van der Waals surface area contributed by atoms with Crippen molar-refractivity contribution in [2.45, 2.75) is 64.3 Å². The van der Waals surface area contributed by atoms with Crippen molar-refractivity contribution in [3.8, 4) is 0 Å². The molecule has 0 aromatic heterocycles. The Morgan fingerprint density at radius 3 is 2.39 bits per heavy atom. The van der Waals surface area contributed by atoms with Gasteiger partial charge in [-0.25, -0.2) is 8.78 Å². The van der Waals surface area contributed by atoms with Crippen molar-refractivity contribution in [2.75, 3.05) is 13.1 Å². The smallest absolute Gasteiger partial charge is 0.267 e. The van der Waals surface area contributed by atoms with E-state index in [1.165, 1.54) is 0 Å². The van der Waals surface area contributed by atoms with E-state index in [0.717, 1.165) is 36.8 Å². The number of amides is 2. The lowest BCUT2D eigenvalue weighted by atomic mass is 9.76. The molecule has 4 nitrogen and oxygen atoms in total. The number of halogens is 2. The van der Waals surface area contributed by atoms with E-state index in [4.69, 9.17) is 0 Å². The van der Waals surface area contributed by atoms with Crippen molar-refractivity contribution in [2.24, 2.45) is 11.3 Å². The van der Waals surface area contributed by atoms with Crippen LogP contribution in [0.3, 0.4) is 0 Å². The molecule has 28 heavy (non-hydrogen) atoms. The minimum atomic E-state index is -2.78. The lowest BCUT2D eigenvalue weighted by molar-refractivity contribution is -0.142. The van der Waals surface area contributed by atoms with Gasteiger partial charge in [-0.1, -0.05) is 23.6 Å². The number of alkyl halides is 2. The van der Waals surface area contributed by atoms with Gasteiger partial charge in [0.15, 0.2) is 0 Å². The molecular weight excluding hydrogens is 362 g/mol. The van der Waals surface area contributed by atoms with Crippen LogP contribution in [-0.4, -0.2) is 41.8 Å². The standard InChI is InChI=1S/C22H28F2N2O2/c1-14-10-15(2)12-16(11-14)20(28)26-9-8-21(13-26)6-3-4-17(21)19(27)25-18-5-7-22(18,23)24/h10-12,17-18H,3-9,13H2,1-2H3,(H,25,27). The fraction of sp³-hybridized carbons (Fsp3) is 0.636. The summed E-state index contributed by atoms with van der Waals surface area (Å²) in [6, 6.07) is 4.82. The van der Waals surface area contributed by atoms with E-state index in [1.54, 1.807) is 0 Å². The Morgan fingerprint density at radius 1 is 1.07 bits per heavy atom. The van der Waals surface area contributed by atoms with Gasteiger partial charge in [-0.15, -0.1) is 0 Å². The highest BCUT2D eigenvalue weighted by molar-refractivity contribution is 5.95. The number of benzene rings is 1. The summed E-state index contributed by atoms with van der Waals surface area (Å²) in [7, 11) is 0. The van der Waals surface area contributed by atoms with E-state index in [9.17, 15) is 18.4 Å². The lowest BCUT2D eigenvalue weighted by Gasteiger charge is -2.39. The molecule has 152 valence electrons. The van der Waals surface area contributed by atoms with Crippen molar-refractivity contribution in [3.05, 3.63) is 34.9 Å². The first-order chi connectivity index (χ1) is 13.2. The Hall–Kier alpha value is -1.98. The zero-order valence-corrected chi connectivity index (χ0v) is 16.6. The molecule has 3 fully saturated rings. The quantitative estimate of drug-likeness (QED) is 0.852. The summed E-state index contributed by atoms with van der Waals surface area (Å²) in [5, 5.41) is 2.60. The second-order valence-electron chi connectivity index (χ2n) is 9.02. The first kappa shape index (κ1) is 19.3. The summed E-state index contributed by atoms with van der Waals surface area (Å²) in [6.07, 6.45) is 3.47. The third kappa shape index (κ3) is 3.31. The molecule has 1 heterocycles. The molecule has 2 amide bonds. The zero-order valence-electron chi connectivity index (χ0n) is 16.6. The van der Waals surface area contributed by atoms with Gasteiger partial charge in [-0.05, 0) is 51.7 Å². The predicted molar refractivity (Wildman–Crippen MR) is 102 cm³/mol. The Kier molecular flexibility index (Phi) is 4.71. The lowest BCUT2D eigenvalue weighted by Crippen LogP contribution is -2.57.